The molecule has 1 aromatic rings. The van der Waals surface area contributed by atoms with E-state index in [9.17, 15) is 4.79 Å². The summed E-state index contributed by atoms with van der Waals surface area (Å²) in [6.07, 6.45) is 1.90. The molecule has 0 unspecified atom stereocenters. The molecule has 5 heteroatoms. The maximum absolute atomic E-state index is 11.0. The molecule has 5 nitrogen and oxygen atoms in total. The molecule has 0 aliphatic rings. The van der Waals surface area contributed by atoms with Gasteiger partial charge < -0.3 is 10.0 Å². The van der Waals surface area contributed by atoms with Gasteiger partial charge in [0, 0.05) is 19.3 Å². The lowest BCUT2D eigenvalue weighted by atomic mass is 10.2. The van der Waals surface area contributed by atoms with E-state index in [1.165, 1.54) is 6.07 Å². The number of carboxylic acid groups (broad SMARTS) is 1. The second kappa shape index (κ2) is 5.71. The van der Waals surface area contributed by atoms with Crippen molar-refractivity contribution in [3.63, 3.8) is 0 Å². The van der Waals surface area contributed by atoms with Gasteiger partial charge in [0.1, 0.15) is 11.4 Å². The van der Waals surface area contributed by atoms with Crippen molar-refractivity contribution in [2.45, 2.75) is 13.3 Å². The molecule has 0 radical (unpaired) electrons. The Morgan fingerprint density at radius 1 is 1.69 bits per heavy atom. The Labute approximate surface area is 93.9 Å². The van der Waals surface area contributed by atoms with Crippen LogP contribution in [0, 0.1) is 11.3 Å². The topological polar surface area (TPSA) is 77.2 Å². The quantitative estimate of drug-likeness (QED) is 0.812. The number of hydrogen-bond acceptors (Lipinski definition) is 4. The third-order valence-electron chi connectivity index (χ3n) is 2.19. The van der Waals surface area contributed by atoms with E-state index in [0.717, 1.165) is 0 Å². The molecule has 1 heterocycles. The molecule has 1 rings (SSSR count). The molecule has 0 aliphatic carbocycles. The Bertz CT molecular complexity index is 412. The molecule has 84 valence electrons. The lowest BCUT2D eigenvalue weighted by Crippen LogP contribution is -2.26. The summed E-state index contributed by atoms with van der Waals surface area (Å²) in [4.78, 5) is 16.8. The second-order valence-corrected chi connectivity index (χ2v) is 3.17. The Balaban J connectivity index is 3.00. The summed E-state index contributed by atoms with van der Waals surface area (Å²) in [5, 5.41) is 17.5. The highest BCUT2D eigenvalue weighted by molar-refractivity contribution is 5.93. The first-order valence-corrected chi connectivity index (χ1v) is 5.01. The van der Waals surface area contributed by atoms with Gasteiger partial charge in [0.15, 0.2) is 0 Å². The Morgan fingerprint density at radius 2 is 2.44 bits per heavy atom. The zero-order chi connectivity index (χ0) is 12.0. The molecule has 0 atom stereocenters. The first-order chi connectivity index (χ1) is 7.70. The molecular formula is C11H13N3O2. The van der Waals surface area contributed by atoms with Crippen LogP contribution in [0.3, 0.4) is 0 Å². The molecule has 0 saturated carbocycles. The second-order valence-electron chi connectivity index (χ2n) is 3.17. The highest BCUT2D eigenvalue weighted by Gasteiger charge is 2.15. The van der Waals surface area contributed by atoms with Crippen molar-refractivity contribution in [1.82, 2.24) is 4.98 Å². The Hall–Kier alpha value is -2.09. The van der Waals surface area contributed by atoms with Crippen LogP contribution in [0.5, 0.6) is 0 Å². The number of carbonyl (C=O) groups is 1. The normalized spacial score (nSPS) is 9.50. The number of aromatic carboxylic acids is 1. The minimum absolute atomic E-state index is 0.169. The molecule has 16 heavy (non-hydrogen) atoms. The first-order valence-electron chi connectivity index (χ1n) is 5.01. The molecule has 0 aliphatic heterocycles. The number of aromatic nitrogens is 1. The molecule has 0 bridgehead atoms. The molecule has 0 saturated heterocycles. The summed E-state index contributed by atoms with van der Waals surface area (Å²) in [5.41, 5.74) is 0.169. The smallest absolute Gasteiger partial charge is 0.339 e. The van der Waals surface area contributed by atoms with E-state index in [2.05, 4.69) is 4.98 Å². The number of nitriles is 1. The monoisotopic (exact) mass is 219 g/mol. The molecular weight excluding hydrogens is 206 g/mol. The predicted molar refractivity (Wildman–Crippen MR) is 59.3 cm³/mol. The van der Waals surface area contributed by atoms with Crippen molar-refractivity contribution >= 4 is 11.8 Å². The number of anilines is 1. The zero-order valence-electron chi connectivity index (χ0n) is 9.05. The molecule has 0 aromatic carbocycles. The largest absolute Gasteiger partial charge is 0.478 e. The standard InChI is InChI=1S/C11H13N3O2/c1-2-14(8-4-6-12)10-9(11(15)16)5-3-7-13-10/h3,5,7H,2,4,8H2,1H3,(H,15,16). The van der Waals surface area contributed by atoms with Gasteiger partial charge in [-0.05, 0) is 19.1 Å². The predicted octanol–water partition coefficient (Wildman–Crippen LogP) is 1.52. The van der Waals surface area contributed by atoms with Gasteiger partial charge in [-0.1, -0.05) is 0 Å². The minimum atomic E-state index is -1.00. The summed E-state index contributed by atoms with van der Waals surface area (Å²) >= 11 is 0. The summed E-state index contributed by atoms with van der Waals surface area (Å²) < 4.78 is 0. The maximum Gasteiger partial charge on any atom is 0.339 e. The third kappa shape index (κ3) is 2.70. The van der Waals surface area contributed by atoms with Gasteiger partial charge in [-0.15, -0.1) is 0 Å². The van der Waals surface area contributed by atoms with Crippen molar-refractivity contribution in [3.05, 3.63) is 23.9 Å². The van der Waals surface area contributed by atoms with Crippen LogP contribution < -0.4 is 4.90 Å². The van der Waals surface area contributed by atoms with E-state index in [-0.39, 0.29) is 5.56 Å². The lowest BCUT2D eigenvalue weighted by Gasteiger charge is -2.21. The Kier molecular flexibility index (Phi) is 4.28. The van der Waals surface area contributed by atoms with Crippen molar-refractivity contribution < 1.29 is 9.90 Å². The van der Waals surface area contributed by atoms with Crippen LogP contribution >= 0.6 is 0 Å². The van der Waals surface area contributed by atoms with Gasteiger partial charge in [-0.25, -0.2) is 9.78 Å². The van der Waals surface area contributed by atoms with E-state index in [4.69, 9.17) is 10.4 Å². The fraction of sp³-hybridized carbons (Fsp3) is 0.364. The average molecular weight is 219 g/mol. The number of nitrogens with zero attached hydrogens (tertiary/aromatic N) is 3. The van der Waals surface area contributed by atoms with Crippen LogP contribution in [0.1, 0.15) is 23.7 Å². The van der Waals surface area contributed by atoms with Crippen LogP contribution in [0.2, 0.25) is 0 Å². The van der Waals surface area contributed by atoms with Gasteiger partial charge in [0.2, 0.25) is 0 Å². The summed E-state index contributed by atoms with van der Waals surface area (Å²) in [5.74, 6) is -0.578. The molecule has 0 spiro atoms. The van der Waals surface area contributed by atoms with Crippen LogP contribution in [0.4, 0.5) is 5.82 Å². The zero-order valence-corrected chi connectivity index (χ0v) is 9.05. The number of hydrogen-bond donors (Lipinski definition) is 1. The van der Waals surface area contributed by atoms with E-state index in [0.29, 0.717) is 25.3 Å². The maximum atomic E-state index is 11.0. The fourth-order valence-electron chi connectivity index (χ4n) is 1.41. The molecule has 1 N–H and O–H groups in total. The van der Waals surface area contributed by atoms with Crippen molar-refractivity contribution in [3.8, 4) is 6.07 Å². The number of rotatable bonds is 5. The lowest BCUT2D eigenvalue weighted by molar-refractivity contribution is 0.0697. The Morgan fingerprint density at radius 3 is 3.00 bits per heavy atom. The minimum Gasteiger partial charge on any atom is -0.478 e. The highest BCUT2D eigenvalue weighted by Crippen LogP contribution is 2.16. The van der Waals surface area contributed by atoms with Crippen LogP contribution in [0.25, 0.3) is 0 Å². The van der Waals surface area contributed by atoms with Gasteiger partial charge in [-0.3, -0.25) is 0 Å². The van der Waals surface area contributed by atoms with Gasteiger partial charge in [-0.2, -0.15) is 5.26 Å². The first kappa shape index (κ1) is 12.0. The number of carboxylic acids is 1. The van der Waals surface area contributed by atoms with Gasteiger partial charge >= 0.3 is 5.97 Å². The van der Waals surface area contributed by atoms with Crippen LogP contribution in [0.15, 0.2) is 18.3 Å². The fourth-order valence-corrected chi connectivity index (χ4v) is 1.41. The van der Waals surface area contributed by atoms with Crippen LogP contribution in [-0.4, -0.2) is 29.1 Å². The van der Waals surface area contributed by atoms with Crippen LogP contribution in [-0.2, 0) is 0 Å². The number of pyridine rings is 1. The van der Waals surface area contributed by atoms with E-state index < -0.39 is 5.97 Å². The SMILES string of the molecule is CCN(CCC#N)c1ncccc1C(=O)O. The molecule has 0 fully saturated rings. The molecule has 0 amide bonds. The summed E-state index contributed by atoms with van der Waals surface area (Å²) in [6, 6.07) is 5.14. The van der Waals surface area contributed by atoms with Gasteiger partial charge in [0.25, 0.3) is 0 Å². The van der Waals surface area contributed by atoms with Crippen molar-refractivity contribution in [1.29, 1.82) is 5.26 Å². The van der Waals surface area contributed by atoms with Crippen molar-refractivity contribution in [2.75, 3.05) is 18.0 Å². The molecule has 1 aromatic heterocycles. The van der Waals surface area contributed by atoms with Gasteiger partial charge in [0.05, 0.1) is 12.5 Å². The van der Waals surface area contributed by atoms with E-state index in [1.807, 2.05) is 13.0 Å². The highest BCUT2D eigenvalue weighted by atomic mass is 16.4. The van der Waals surface area contributed by atoms with E-state index >= 15 is 0 Å². The third-order valence-corrected chi connectivity index (χ3v) is 2.19. The van der Waals surface area contributed by atoms with E-state index in [1.54, 1.807) is 17.2 Å². The average Bonchev–Trinajstić information content (AvgIpc) is 2.30. The van der Waals surface area contributed by atoms with Crippen molar-refractivity contribution in [2.24, 2.45) is 0 Å². The summed E-state index contributed by atoms with van der Waals surface area (Å²) in [6.45, 7) is 3.01. The summed E-state index contributed by atoms with van der Waals surface area (Å²) in [7, 11) is 0.